The second-order valence-electron chi connectivity index (χ2n) is 10.9. The van der Waals surface area contributed by atoms with Crippen molar-refractivity contribution in [3.05, 3.63) is 65.6 Å². The van der Waals surface area contributed by atoms with E-state index in [-0.39, 0.29) is 36.2 Å². The molecule has 0 saturated heterocycles. The molecular formula is C25H27F9N4O8S3. The van der Waals surface area contributed by atoms with Gasteiger partial charge in [-0.15, -0.1) is 3.71 Å². The number of urea groups is 1. The first-order chi connectivity index (χ1) is 21.9. The number of nitrogens with zero attached hydrogens (tertiary/aromatic N) is 3. The highest BCUT2D eigenvalue weighted by Crippen LogP contribution is 2.38. The summed E-state index contributed by atoms with van der Waals surface area (Å²) in [5.41, 5.74) is -16.1. The van der Waals surface area contributed by atoms with Gasteiger partial charge >= 0.3 is 52.7 Å². The summed E-state index contributed by atoms with van der Waals surface area (Å²) in [5, 5.41) is 2.70. The number of amides is 2. The predicted octanol–water partition coefficient (Wildman–Crippen LogP) is 5.87. The monoisotopic (exact) mass is 778 g/mol. The Morgan fingerprint density at radius 2 is 1.33 bits per heavy atom. The number of hydrogen-bond donors (Lipinski definition) is 1. The molecule has 24 heteroatoms. The highest BCUT2D eigenvalue weighted by atomic mass is 32.3. The number of aromatic nitrogens is 1. The molecule has 1 N–H and O–H groups in total. The second kappa shape index (κ2) is 14.2. The molecule has 0 saturated carbocycles. The van der Waals surface area contributed by atoms with E-state index in [2.05, 4.69) is 35.3 Å². The Morgan fingerprint density at radius 1 is 0.816 bits per heavy atom. The van der Waals surface area contributed by atoms with Gasteiger partial charge < -0.3 is 14.4 Å². The van der Waals surface area contributed by atoms with E-state index in [1.165, 1.54) is 11.8 Å². The summed E-state index contributed by atoms with van der Waals surface area (Å²) in [6, 6.07) is 8.20. The zero-order valence-electron chi connectivity index (χ0n) is 25.5. The first-order valence-electron chi connectivity index (χ1n) is 13.1. The van der Waals surface area contributed by atoms with E-state index in [1.54, 1.807) is 12.1 Å². The van der Waals surface area contributed by atoms with Crippen LogP contribution in [-0.2, 0) is 39.8 Å². The van der Waals surface area contributed by atoms with E-state index < -0.39 is 62.2 Å². The average molecular weight is 779 g/mol. The number of pyridine rings is 1. The van der Waals surface area contributed by atoms with Crippen molar-refractivity contribution in [1.29, 1.82) is 0 Å². The van der Waals surface area contributed by atoms with Crippen molar-refractivity contribution in [2.75, 3.05) is 22.1 Å². The minimum absolute atomic E-state index is 0.0205. The maximum Gasteiger partial charge on any atom is 0.534 e. The van der Waals surface area contributed by atoms with Crippen molar-refractivity contribution in [2.45, 2.75) is 56.1 Å². The Kier molecular flexibility index (Phi) is 12.0. The van der Waals surface area contributed by atoms with E-state index >= 15 is 0 Å². The fourth-order valence-corrected chi connectivity index (χ4v) is 6.64. The van der Waals surface area contributed by atoms with Gasteiger partial charge in [-0.3, -0.25) is 0 Å². The zero-order valence-corrected chi connectivity index (χ0v) is 27.9. The SMILES string of the molecule is CC(C)(C)c1ccc(NC(=O)N2CC=C(OS(=O)(=O)C(F)(F)F)CC2)cc1.Cc1ccc(N(S(=O)(=O)C(F)(F)F)S(=O)(=O)C(F)(F)F)nc1. The maximum absolute atomic E-state index is 12.5. The summed E-state index contributed by atoms with van der Waals surface area (Å²) in [4.78, 5) is 16.6. The molecule has 0 aliphatic carbocycles. The number of carbonyl (C=O) groups is 1. The van der Waals surface area contributed by atoms with E-state index in [0.717, 1.165) is 17.7 Å². The van der Waals surface area contributed by atoms with E-state index in [1.807, 2.05) is 12.1 Å². The smallest absolute Gasteiger partial charge is 0.381 e. The van der Waals surface area contributed by atoms with Crippen molar-refractivity contribution < 1.29 is 73.7 Å². The zero-order chi connectivity index (χ0) is 38.0. The Bertz CT molecular complexity index is 1810. The molecule has 1 aromatic heterocycles. The van der Waals surface area contributed by atoms with E-state index in [4.69, 9.17) is 0 Å². The summed E-state index contributed by atoms with van der Waals surface area (Å²) >= 11 is 0. The number of rotatable bonds is 6. The molecule has 2 heterocycles. The standard InChI is InChI=1S/C17H21F3N2O4S.C8H6F6N2O4S2/c1-16(2,3)12-4-6-13(7-5-12)21-15(23)22-10-8-14(9-11-22)26-27(24,25)17(18,19)20;1-5-2-3-6(15-4-5)16(21(17,18)7(9,10)11)22(19,20)8(12,13)14/h4-8H,9-11H2,1-3H3,(H,21,23);2-4H,1H3. The van der Waals surface area contributed by atoms with Crippen LogP contribution < -0.4 is 9.03 Å². The van der Waals surface area contributed by atoms with Crippen LogP contribution in [0.5, 0.6) is 0 Å². The Labute approximate surface area is 274 Å². The van der Waals surface area contributed by atoms with Gasteiger partial charge in [0, 0.05) is 31.4 Å². The van der Waals surface area contributed by atoms with Crippen molar-refractivity contribution in [3.63, 3.8) is 0 Å². The van der Waals surface area contributed by atoms with E-state index in [9.17, 15) is 69.6 Å². The van der Waals surface area contributed by atoms with Crippen LogP contribution in [0.15, 0.2) is 54.4 Å². The summed E-state index contributed by atoms with van der Waals surface area (Å²) in [6.45, 7) is 7.52. The summed E-state index contributed by atoms with van der Waals surface area (Å²) in [5.74, 6) is -1.88. The molecule has 12 nitrogen and oxygen atoms in total. The number of alkyl halides is 9. The summed E-state index contributed by atoms with van der Waals surface area (Å²) in [6.07, 6.45) is 1.72. The summed E-state index contributed by atoms with van der Waals surface area (Å²) < 4.78 is 181. The maximum atomic E-state index is 12.5. The van der Waals surface area contributed by atoms with Gasteiger partial charge in [-0.25, -0.2) is 9.78 Å². The fraction of sp³-hybridized carbons (Fsp3) is 0.440. The lowest BCUT2D eigenvalue weighted by Gasteiger charge is -2.26. The third-order valence-corrected chi connectivity index (χ3v) is 10.7. The molecule has 0 radical (unpaired) electrons. The topological polar surface area (TPSA) is 160 Å². The highest BCUT2D eigenvalue weighted by Gasteiger charge is 2.62. The van der Waals surface area contributed by atoms with Gasteiger partial charge in [-0.05, 0) is 47.7 Å². The molecule has 2 amide bonds. The molecule has 0 bridgehead atoms. The molecule has 1 aliphatic heterocycles. The van der Waals surface area contributed by atoms with Crippen LogP contribution in [-0.4, -0.2) is 70.8 Å². The lowest BCUT2D eigenvalue weighted by Crippen LogP contribution is -2.49. The Balaban J connectivity index is 0.000000348. The number of halogens is 9. The van der Waals surface area contributed by atoms with Crippen LogP contribution in [0.4, 0.5) is 55.8 Å². The fourth-order valence-electron chi connectivity index (χ4n) is 3.49. The third kappa shape index (κ3) is 10.1. The van der Waals surface area contributed by atoms with Gasteiger partial charge in [-0.2, -0.15) is 64.8 Å². The minimum Gasteiger partial charge on any atom is -0.381 e. The summed E-state index contributed by atoms with van der Waals surface area (Å²) in [7, 11) is -19.5. The van der Waals surface area contributed by atoms with Crippen LogP contribution in [0.3, 0.4) is 0 Å². The molecule has 1 aromatic carbocycles. The lowest BCUT2D eigenvalue weighted by atomic mass is 9.87. The third-order valence-electron chi connectivity index (χ3n) is 6.06. The quantitative estimate of drug-likeness (QED) is 0.215. The van der Waals surface area contributed by atoms with Crippen LogP contribution in [0.2, 0.25) is 0 Å². The largest absolute Gasteiger partial charge is 0.534 e. The van der Waals surface area contributed by atoms with Crippen molar-refractivity contribution in [3.8, 4) is 0 Å². The second-order valence-corrected chi connectivity index (χ2v) is 16.2. The van der Waals surface area contributed by atoms with Crippen LogP contribution >= 0.6 is 0 Å². The van der Waals surface area contributed by atoms with Crippen molar-refractivity contribution >= 4 is 47.7 Å². The number of carbonyl (C=O) groups excluding carboxylic acids is 1. The first kappa shape index (κ1) is 41.4. The van der Waals surface area contributed by atoms with Gasteiger partial charge in [0.15, 0.2) is 5.82 Å². The van der Waals surface area contributed by atoms with Crippen LogP contribution in [0.1, 0.15) is 38.3 Å². The number of benzene rings is 1. The number of aryl methyl sites for hydroxylation is 1. The minimum atomic E-state index is -6.88. The predicted molar refractivity (Wildman–Crippen MR) is 156 cm³/mol. The molecular weight excluding hydrogens is 751 g/mol. The molecule has 3 rings (SSSR count). The normalized spacial score (nSPS) is 15.0. The molecule has 0 fully saturated rings. The molecule has 0 unspecified atom stereocenters. The van der Waals surface area contributed by atoms with Gasteiger partial charge in [0.05, 0.1) is 0 Å². The molecule has 1 aliphatic rings. The highest BCUT2D eigenvalue weighted by molar-refractivity contribution is 8.11. The molecule has 0 atom stereocenters. The number of nitrogens with one attached hydrogen (secondary N) is 1. The molecule has 49 heavy (non-hydrogen) atoms. The van der Waals surface area contributed by atoms with Gasteiger partial charge in [0.1, 0.15) is 5.76 Å². The molecule has 2 aromatic rings. The Morgan fingerprint density at radius 3 is 1.69 bits per heavy atom. The van der Waals surface area contributed by atoms with Gasteiger partial charge in [-0.1, -0.05) is 39.0 Å². The number of anilines is 2. The van der Waals surface area contributed by atoms with Gasteiger partial charge in [0.2, 0.25) is 0 Å². The lowest BCUT2D eigenvalue weighted by molar-refractivity contribution is -0.0525. The molecule has 276 valence electrons. The van der Waals surface area contributed by atoms with Crippen molar-refractivity contribution in [2.24, 2.45) is 0 Å². The number of sulfonamides is 2. The average Bonchev–Trinajstić information content (AvgIpc) is 2.92. The van der Waals surface area contributed by atoms with E-state index in [0.29, 0.717) is 18.0 Å². The number of hydrogen-bond acceptors (Lipinski definition) is 9. The van der Waals surface area contributed by atoms with Crippen LogP contribution in [0, 0.1) is 6.92 Å². The van der Waals surface area contributed by atoms with Gasteiger partial charge in [0.25, 0.3) is 0 Å². The Hall–Kier alpha value is -3.80. The van der Waals surface area contributed by atoms with Crippen LogP contribution in [0.25, 0.3) is 0 Å². The van der Waals surface area contributed by atoms with Crippen molar-refractivity contribution in [1.82, 2.24) is 9.88 Å². The molecule has 0 spiro atoms. The first-order valence-corrected chi connectivity index (χ1v) is 17.4.